The summed E-state index contributed by atoms with van der Waals surface area (Å²) < 4.78 is 61.2. The topological polar surface area (TPSA) is 61.1 Å². The van der Waals surface area contributed by atoms with Crippen molar-refractivity contribution in [2.24, 2.45) is 0 Å². The second-order valence-electron chi connectivity index (χ2n) is 3.96. The Balaban J connectivity index is 0.000000203. The average molecular weight is 295 g/mol. The molecule has 0 amide bonds. The first-order valence-electron chi connectivity index (χ1n) is 5.29. The van der Waals surface area contributed by atoms with Crippen LogP contribution in [0.2, 0.25) is 0 Å². The number of halogens is 3. The van der Waals surface area contributed by atoms with Gasteiger partial charge in [-0.15, -0.1) is 0 Å². The van der Waals surface area contributed by atoms with Crippen LogP contribution in [0.5, 0.6) is 0 Å². The molecule has 2 heterocycles. The number of nitrogens with zero attached hydrogens (tertiary/aromatic N) is 1. The zero-order chi connectivity index (χ0) is 14.7. The SMILES string of the molecule is CC1=Cc2cccc[n+]2CC1.O=S(=O)([O-])C(F)(F)F. The zero-order valence-corrected chi connectivity index (χ0v) is 10.8. The number of rotatable bonds is 0. The minimum absolute atomic E-state index is 1.14. The fourth-order valence-corrected chi connectivity index (χ4v) is 1.45. The highest BCUT2D eigenvalue weighted by Gasteiger charge is 2.36. The van der Waals surface area contributed by atoms with Gasteiger partial charge in [-0.05, 0) is 13.0 Å². The molecule has 1 aliphatic rings. The fraction of sp³-hybridized carbons (Fsp3) is 0.364. The molecule has 0 fully saturated rings. The van der Waals surface area contributed by atoms with Gasteiger partial charge in [0.05, 0.1) is 0 Å². The Morgan fingerprint density at radius 3 is 2.42 bits per heavy atom. The van der Waals surface area contributed by atoms with Gasteiger partial charge in [0.15, 0.2) is 22.9 Å². The number of hydrogen-bond donors (Lipinski definition) is 0. The number of aryl methyl sites for hydroxylation is 1. The van der Waals surface area contributed by atoms with Crippen molar-refractivity contribution in [3.63, 3.8) is 0 Å². The van der Waals surface area contributed by atoms with Crippen LogP contribution in [-0.4, -0.2) is 18.5 Å². The third kappa shape index (κ3) is 4.64. The normalized spacial score (nSPS) is 14.9. The first-order valence-corrected chi connectivity index (χ1v) is 6.70. The van der Waals surface area contributed by atoms with Crippen molar-refractivity contribution in [2.75, 3.05) is 0 Å². The Kier molecular flexibility index (Phi) is 4.70. The van der Waals surface area contributed by atoms with Crippen LogP contribution < -0.4 is 4.57 Å². The molecular formula is C11H12F3NO3S. The van der Waals surface area contributed by atoms with Crippen molar-refractivity contribution in [1.82, 2.24) is 0 Å². The highest BCUT2D eigenvalue weighted by Crippen LogP contribution is 2.20. The van der Waals surface area contributed by atoms with Crippen molar-refractivity contribution in [3.05, 3.63) is 35.7 Å². The molecule has 106 valence electrons. The Morgan fingerprint density at radius 1 is 1.32 bits per heavy atom. The number of fused-ring (bicyclic) bond motifs is 1. The highest BCUT2D eigenvalue weighted by molar-refractivity contribution is 7.86. The molecule has 0 atom stereocenters. The summed E-state index contributed by atoms with van der Waals surface area (Å²) in [6, 6.07) is 6.32. The van der Waals surface area contributed by atoms with E-state index in [1.807, 2.05) is 0 Å². The predicted octanol–water partition coefficient (Wildman–Crippen LogP) is 1.83. The van der Waals surface area contributed by atoms with E-state index in [4.69, 9.17) is 13.0 Å². The number of aromatic nitrogens is 1. The Labute approximate surface area is 108 Å². The smallest absolute Gasteiger partial charge is 0.485 e. The van der Waals surface area contributed by atoms with Gasteiger partial charge in [-0.2, -0.15) is 17.7 Å². The molecule has 0 aliphatic carbocycles. The van der Waals surface area contributed by atoms with Crippen LogP contribution in [0.3, 0.4) is 0 Å². The second-order valence-corrected chi connectivity index (χ2v) is 5.33. The standard InChI is InChI=1S/C10H12N.CHF3O3S/c1-9-5-7-11-6-3-2-4-10(11)8-9;2-1(3,4)8(5,6)7/h2-4,6,8H,5,7H2,1H3;(H,5,6,7)/q+1;/p-1. The third-order valence-corrected chi connectivity index (χ3v) is 2.97. The molecule has 0 saturated heterocycles. The number of alkyl halides is 3. The molecule has 0 saturated carbocycles. The lowest BCUT2D eigenvalue weighted by Gasteiger charge is -2.08. The van der Waals surface area contributed by atoms with E-state index in [1.165, 1.54) is 17.7 Å². The van der Waals surface area contributed by atoms with Crippen LogP contribution in [0.25, 0.3) is 6.08 Å². The first-order chi connectivity index (χ1) is 8.61. The van der Waals surface area contributed by atoms with Gasteiger partial charge in [0.2, 0.25) is 5.69 Å². The Hall–Kier alpha value is -1.41. The van der Waals surface area contributed by atoms with Crippen LogP contribution in [0, 0.1) is 0 Å². The van der Waals surface area contributed by atoms with Crippen LogP contribution in [0.15, 0.2) is 30.0 Å². The molecule has 0 N–H and O–H groups in total. The fourth-order valence-electron chi connectivity index (χ4n) is 1.45. The molecule has 1 aromatic heterocycles. The molecule has 2 rings (SSSR count). The molecule has 4 nitrogen and oxygen atoms in total. The molecule has 0 radical (unpaired) electrons. The van der Waals surface area contributed by atoms with E-state index in [9.17, 15) is 13.2 Å². The van der Waals surface area contributed by atoms with Gasteiger partial charge in [-0.3, -0.25) is 0 Å². The van der Waals surface area contributed by atoms with E-state index in [1.54, 1.807) is 0 Å². The maximum atomic E-state index is 10.7. The van der Waals surface area contributed by atoms with E-state index in [-0.39, 0.29) is 0 Å². The predicted molar refractivity (Wildman–Crippen MR) is 60.7 cm³/mol. The van der Waals surface area contributed by atoms with E-state index < -0.39 is 15.6 Å². The molecular weight excluding hydrogens is 283 g/mol. The molecule has 0 unspecified atom stereocenters. The van der Waals surface area contributed by atoms with Gasteiger partial charge < -0.3 is 4.55 Å². The minimum atomic E-state index is -6.09. The van der Waals surface area contributed by atoms with E-state index in [0.717, 1.165) is 6.54 Å². The molecule has 8 heteroatoms. The molecule has 1 aliphatic heterocycles. The average Bonchev–Trinajstić information content (AvgIpc) is 2.27. The van der Waals surface area contributed by atoms with Gasteiger partial charge >= 0.3 is 5.51 Å². The lowest BCUT2D eigenvalue weighted by atomic mass is 10.1. The maximum Gasteiger partial charge on any atom is 0.485 e. The Bertz CT molecular complexity index is 579. The van der Waals surface area contributed by atoms with E-state index in [2.05, 4.69) is 42.0 Å². The van der Waals surface area contributed by atoms with Gasteiger partial charge in [-0.1, -0.05) is 5.57 Å². The van der Waals surface area contributed by atoms with Gasteiger partial charge in [0.25, 0.3) is 0 Å². The van der Waals surface area contributed by atoms with E-state index in [0.29, 0.717) is 0 Å². The van der Waals surface area contributed by atoms with Crippen LogP contribution >= 0.6 is 0 Å². The number of pyridine rings is 1. The van der Waals surface area contributed by atoms with Crippen LogP contribution in [-0.2, 0) is 16.7 Å². The molecule has 1 aromatic rings. The molecule has 19 heavy (non-hydrogen) atoms. The second kappa shape index (κ2) is 5.70. The largest absolute Gasteiger partial charge is 0.741 e. The highest BCUT2D eigenvalue weighted by atomic mass is 32.2. The minimum Gasteiger partial charge on any atom is -0.741 e. The van der Waals surface area contributed by atoms with Crippen LogP contribution in [0.1, 0.15) is 19.0 Å². The maximum absolute atomic E-state index is 10.7. The van der Waals surface area contributed by atoms with Crippen molar-refractivity contribution in [1.29, 1.82) is 0 Å². The van der Waals surface area contributed by atoms with Gasteiger partial charge in [0.1, 0.15) is 0 Å². The van der Waals surface area contributed by atoms with Gasteiger partial charge in [0, 0.05) is 24.6 Å². The van der Waals surface area contributed by atoms with Crippen molar-refractivity contribution >= 4 is 16.2 Å². The lowest BCUT2D eigenvalue weighted by molar-refractivity contribution is -0.699. The summed E-state index contributed by atoms with van der Waals surface area (Å²) in [5.41, 5.74) is -2.83. The molecule has 0 spiro atoms. The first kappa shape index (κ1) is 15.6. The molecule has 0 bridgehead atoms. The summed E-state index contributed by atoms with van der Waals surface area (Å²) in [5.74, 6) is 0. The summed E-state index contributed by atoms with van der Waals surface area (Å²) in [6.45, 7) is 3.33. The number of hydrogen-bond acceptors (Lipinski definition) is 3. The zero-order valence-electron chi connectivity index (χ0n) is 10.0. The van der Waals surface area contributed by atoms with E-state index >= 15 is 0 Å². The number of allylic oxidation sites excluding steroid dienone is 1. The summed E-state index contributed by atoms with van der Waals surface area (Å²) in [4.78, 5) is 0. The van der Waals surface area contributed by atoms with Crippen LogP contribution in [0.4, 0.5) is 13.2 Å². The van der Waals surface area contributed by atoms with Crippen molar-refractivity contribution in [3.8, 4) is 0 Å². The summed E-state index contributed by atoms with van der Waals surface area (Å²) in [7, 11) is -6.09. The Morgan fingerprint density at radius 2 is 1.89 bits per heavy atom. The molecule has 0 aromatic carbocycles. The quantitative estimate of drug-likeness (QED) is 0.417. The van der Waals surface area contributed by atoms with Gasteiger partial charge in [-0.25, -0.2) is 8.42 Å². The third-order valence-electron chi connectivity index (χ3n) is 2.40. The summed E-state index contributed by atoms with van der Waals surface area (Å²) >= 11 is 0. The lowest BCUT2D eigenvalue weighted by Crippen LogP contribution is -2.38. The summed E-state index contributed by atoms with van der Waals surface area (Å²) in [5, 5.41) is 0. The monoisotopic (exact) mass is 295 g/mol. The van der Waals surface area contributed by atoms with Crippen molar-refractivity contribution in [2.45, 2.75) is 25.4 Å². The van der Waals surface area contributed by atoms with Crippen molar-refractivity contribution < 1.29 is 30.7 Å². The summed E-state index contributed by atoms with van der Waals surface area (Å²) in [6.07, 6.45) is 5.59.